The Labute approximate surface area is 290 Å². The molecule has 0 aliphatic carbocycles. The third-order valence-electron chi connectivity index (χ3n) is 8.97. The summed E-state index contributed by atoms with van der Waals surface area (Å²) in [7, 11) is -1.58. The highest BCUT2D eigenvalue weighted by Crippen LogP contribution is 2.42. The Bertz CT molecular complexity index is 3130. The van der Waals surface area contributed by atoms with Crippen molar-refractivity contribution in [1.82, 2.24) is 7.10 Å². The average molecular weight is 735 g/mol. The summed E-state index contributed by atoms with van der Waals surface area (Å²) in [5, 5.41) is 1.59. The van der Waals surface area contributed by atoms with Crippen molar-refractivity contribution in [2.45, 2.75) is 9.79 Å². The molecule has 0 spiro atoms. The lowest BCUT2D eigenvalue weighted by molar-refractivity contribution is 0.481. The molecule has 0 saturated carbocycles. The first-order valence-corrected chi connectivity index (χ1v) is 20.5. The zero-order valence-electron chi connectivity index (χ0n) is 25.0. The molecule has 0 amide bonds. The minimum Gasteiger partial charge on any atom is -0.370 e. The third-order valence-corrected chi connectivity index (χ3v) is 13.7. The van der Waals surface area contributed by atoms with Crippen LogP contribution in [0.1, 0.15) is 22.3 Å². The fourth-order valence-corrected chi connectivity index (χ4v) is 10.7. The van der Waals surface area contributed by atoms with E-state index in [2.05, 4.69) is 0 Å². The van der Waals surface area contributed by atoms with Gasteiger partial charge in [0.2, 0.25) is 0 Å². The molecule has 2 aromatic heterocycles. The molecule has 4 aromatic carbocycles. The van der Waals surface area contributed by atoms with Crippen molar-refractivity contribution in [3.05, 3.63) is 118 Å². The Balaban J connectivity index is 1.49. The van der Waals surface area contributed by atoms with Gasteiger partial charge in [0.1, 0.15) is 22.6 Å². The van der Waals surface area contributed by atoms with E-state index >= 15 is 0 Å². The molecule has 10 rings (SSSR count). The number of amidine groups is 4. The van der Waals surface area contributed by atoms with Crippen molar-refractivity contribution in [3.8, 4) is 0 Å². The lowest BCUT2D eigenvalue weighted by Gasteiger charge is -2.15. The molecule has 18 heteroatoms. The van der Waals surface area contributed by atoms with Gasteiger partial charge in [-0.1, -0.05) is 48.5 Å². The Kier molecular flexibility index (Phi) is 5.95. The molecular weight excluding hydrogens is 719 g/mol. The van der Waals surface area contributed by atoms with E-state index < -0.39 is 33.9 Å². The Morgan fingerprint density at radius 2 is 0.920 bits per heavy atom. The van der Waals surface area contributed by atoms with Crippen molar-refractivity contribution in [2.75, 3.05) is 0 Å². The molecule has 242 valence electrons. The zero-order chi connectivity index (χ0) is 34.3. The van der Waals surface area contributed by atoms with E-state index in [1.165, 1.54) is 36.4 Å². The van der Waals surface area contributed by atoms with Crippen LogP contribution in [0.5, 0.6) is 0 Å². The van der Waals surface area contributed by atoms with Gasteiger partial charge in [-0.05, 0) is 36.4 Å². The summed E-state index contributed by atoms with van der Waals surface area (Å²) >= 11 is -3.25. The van der Waals surface area contributed by atoms with E-state index in [0.29, 0.717) is 66.8 Å². The van der Waals surface area contributed by atoms with Crippen molar-refractivity contribution < 1.29 is 25.9 Å². The predicted molar refractivity (Wildman–Crippen MR) is 187 cm³/mol. The van der Waals surface area contributed by atoms with Crippen LogP contribution in [0.15, 0.2) is 125 Å². The van der Waals surface area contributed by atoms with Crippen molar-refractivity contribution in [2.24, 2.45) is 30.0 Å². The zero-order valence-corrected chi connectivity index (χ0v) is 28.5. The fourth-order valence-electron chi connectivity index (χ4n) is 6.75. The van der Waals surface area contributed by atoms with Gasteiger partial charge in [0.25, 0.3) is 20.2 Å². The number of aliphatic imine (C=N–C) groups is 4. The van der Waals surface area contributed by atoms with Gasteiger partial charge in [0, 0.05) is 43.8 Å². The van der Waals surface area contributed by atoms with Crippen LogP contribution in [0.3, 0.4) is 0 Å². The molecule has 2 N–H and O–H groups in total. The third kappa shape index (κ3) is 4.13. The summed E-state index contributed by atoms with van der Waals surface area (Å²) in [6.45, 7) is 0. The van der Waals surface area contributed by atoms with Crippen LogP contribution in [-0.2, 0) is 20.2 Å². The molecule has 4 aliphatic rings. The number of nitrogens with zero attached hydrogens (tertiary/aromatic N) is 8. The molecule has 6 heterocycles. The molecule has 14 nitrogen and oxygen atoms in total. The number of fused-ring (bicyclic) bond motifs is 14. The van der Waals surface area contributed by atoms with Crippen molar-refractivity contribution >= 4 is 100 Å². The van der Waals surface area contributed by atoms with Gasteiger partial charge in [0.15, 0.2) is 23.3 Å². The quantitative estimate of drug-likeness (QED) is 0.201. The van der Waals surface area contributed by atoms with Crippen LogP contribution in [0.4, 0.5) is 11.6 Å². The van der Waals surface area contributed by atoms with E-state index in [-0.39, 0.29) is 32.8 Å². The van der Waals surface area contributed by atoms with Gasteiger partial charge in [-0.2, -0.15) is 26.9 Å². The molecule has 50 heavy (non-hydrogen) atoms. The molecule has 0 fully saturated rings. The smallest absolute Gasteiger partial charge is 0.370 e. The number of rotatable bonds is 2. The Morgan fingerprint density at radius 1 is 0.500 bits per heavy atom. The molecule has 6 aromatic rings. The molecule has 0 saturated heterocycles. The summed E-state index contributed by atoms with van der Waals surface area (Å²) in [6, 6.07) is 22.9. The molecule has 0 unspecified atom stereocenters. The Morgan fingerprint density at radius 3 is 1.42 bits per heavy atom. The van der Waals surface area contributed by atoms with Crippen LogP contribution in [0, 0.1) is 0 Å². The highest BCUT2D eigenvalue weighted by molar-refractivity contribution is 7.86. The highest BCUT2D eigenvalue weighted by atomic mass is 35.6. The van der Waals surface area contributed by atoms with E-state index in [1.54, 1.807) is 7.10 Å². The lowest BCUT2D eigenvalue weighted by Crippen LogP contribution is -2.43. The fraction of sp³-hybridized carbons (Fsp3) is 0. The molecule has 6 bridgehead atoms. The summed E-state index contributed by atoms with van der Waals surface area (Å²) < 4.78 is 73.1. The number of hydrogen-bond acceptors (Lipinski definition) is 10. The first-order chi connectivity index (χ1) is 24.0. The second-order valence-corrected chi connectivity index (χ2v) is 17.4. The van der Waals surface area contributed by atoms with Gasteiger partial charge in [-0.15, -0.1) is 0 Å². The maximum Gasteiger partial charge on any atom is 0.722 e. The minimum absolute atomic E-state index is 0.220. The standard InChI is InChI=1S/C32H16N8O6S2.Al.ClH/c41-47(42,43)15-9-11-21-23(13-15)32-38-28-20-8-4-2-6-18(20)26(34-28)36-30-22-12-10-16(48(44,45)46)14-24(22)31(40-30)37-27-19-7-3-1-5-17(19)25(33-27)35-29(21)39-32;;/h1-14H,(H2-2,33,34,35,36,37,38,39,40,41,42,43,44,45,46);;1H/q-2;+3;/p-1. The van der Waals surface area contributed by atoms with Crippen molar-refractivity contribution in [1.29, 1.82) is 0 Å². The van der Waals surface area contributed by atoms with Gasteiger partial charge in [-0.25, -0.2) is 30.0 Å². The van der Waals surface area contributed by atoms with E-state index in [9.17, 15) is 25.9 Å². The van der Waals surface area contributed by atoms with E-state index in [4.69, 9.17) is 40.0 Å². The molecular formula is C32H16AlClN8O6S2. The maximum atomic E-state index is 12.4. The number of halogens is 1. The number of aromatic nitrogens is 2. The number of hydrogen-bond donors (Lipinski definition) is 2. The minimum atomic E-state index is -4.63. The molecule has 0 radical (unpaired) electrons. The maximum absolute atomic E-state index is 12.4. The summed E-state index contributed by atoms with van der Waals surface area (Å²) in [5.41, 5.74) is 3.18. The number of benzene rings is 4. The van der Waals surface area contributed by atoms with Crippen LogP contribution in [0.2, 0.25) is 0 Å². The van der Waals surface area contributed by atoms with Crippen molar-refractivity contribution in [3.63, 3.8) is 0 Å². The Hall–Kier alpha value is -5.12. The van der Waals surface area contributed by atoms with Gasteiger partial charge < -0.3 is 7.10 Å². The lowest BCUT2D eigenvalue weighted by atomic mass is 10.1. The highest BCUT2D eigenvalue weighted by Gasteiger charge is 2.38. The first kappa shape index (κ1) is 29.8. The largest absolute Gasteiger partial charge is 0.722 e. The van der Waals surface area contributed by atoms with Gasteiger partial charge >= 0.3 is 13.7 Å². The summed E-state index contributed by atoms with van der Waals surface area (Å²) in [5.74, 6) is 1.72. The van der Waals surface area contributed by atoms with Gasteiger partial charge in [-0.3, -0.25) is 9.11 Å². The van der Waals surface area contributed by atoms with Crippen LogP contribution in [0.25, 0.3) is 21.5 Å². The topological polar surface area (TPSA) is 193 Å². The second kappa shape index (κ2) is 9.99. The first-order valence-electron chi connectivity index (χ1n) is 14.9. The van der Waals surface area contributed by atoms with Crippen LogP contribution in [-0.4, -0.2) is 70.1 Å². The molecule has 0 atom stereocenters. The average Bonchev–Trinajstić information content (AvgIpc) is 3.79. The van der Waals surface area contributed by atoms with Gasteiger partial charge in [0.05, 0.1) is 9.79 Å². The predicted octanol–water partition coefficient (Wildman–Crippen LogP) is 3.65. The van der Waals surface area contributed by atoms with Crippen LogP contribution < -0.4 is 11.0 Å². The normalized spacial score (nSPS) is 15.8. The van der Waals surface area contributed by atoms with E-state index in [1.807, 2.05) is 48.5 Å². The summed E-state index contributed by atoms with van der Waals surface area (Å²) in [6.07, 6.45) is 0. The SMILES string of the molecule is O=S(=O)(O)c1ccc2c3[n]4c(c2c1)N=C1N=C(N=c2c5ccc(S(=O)(=O)O)cc5c([n]2[Al]4[Cl])=NC2=NC(=N3)c3ccccc32)c2ccccc21. The second-order valence-electron chi connectivity index (χ2n) is 11.8. The summed E-state index contributed by atoms with van der Waals surface area (Å²) in [4.78, 5) is 29.0. The van der Waals surface area contributed by atoms with Crippen LogP contribution >= 0.6 is 10.0 Å². The molecule has 4 aliphatic heterocycles. The van der Waals surface area contributed by atoms with E-state index in [0.717, 1.165) is 0 Å². The monoisotopic (exact) mass is 734 g/mol.